The predicted octanol–water partition coefficient (Wildman–Crippen LogP) is 31.7. The maximum Gasteiger partial charge on any atom is 0.235 e. The van der Waals surface area contributed by atoms with Crippen LogP contribution in [0.1, 0.15) is 39.8 Å². The van der Waals surface area contributed by atoms with Crippen LogP contribution in [0.15, 0.2) is 459 Å². The highest BCUT2D eigenvalue weighted by atomic mass is 16.3. The van der Waals surface area contributed by atoms with Crippen molar-refractivity contribution in [2.24, 2.45) is 0 Å². The van der Waals surface area contributed by atoms with E-state index in [1.165, 1.54) is 77.1 Å². The van der Waals surface area contributed by atoms with Gasteiger partial charge in [0.2, 0.25) is 5.95 Å². The van der Waals surface area contributed by atoms with Crippen LogP contribution in [0.4, 0.5) is 0 Å². The molecule has 0 atom stereocenters. The first-order valence-corrected chi connectivity index (χ1v) is 44.9. The van der Waals surface area contributed by atoms with Gasteiger partial charge in [0.05, 0.1) is 61.3 Å². The Morgan fingerprint density at radius 2 is 0.600 bits per heavy atom. The molecule has 8 aromatic heterocycles. The molecule has 0 N–H and O–H groups in total. The lowest BCUT2D eigenvalue weighted by molar-refractivity contribution is 0.661. The van der Waals surface area contributed by atoms with E-state index in [1.807, 2.05) is 121 Å². The van der Waals surface area contributed by atoms with Crippen LogP contribution >= 0.6 is 0 Å². The lowest BCUT2D eigenvalue weighted by Gasteiger charge is -2.21. The summed E-state index contributed by atoms with van der Waals surface area (Å²) in [5, 5.41) is 9.30. The number of para-hydroxylation sites is 5. The number of aromatic nitrogens is 11. The normalized spacial score (nSPS) is 11.9. The Bertz CT molecular complexity index is 8470. The molecule has 0 radical (unpaired) electrons. The van der Waals surface area contributed by atoms with Crippen molar-refractivity contribution >= 4 is 87.4 Å². The minimum atomic E-state index is -0.0666. The van der Waals surface area contributed by atoms with Gasteiger partial charge in [0.15, 0.2) is 23.3 Å². The SMILES string of the molecule is C.C.CC1(C)c2ccccc2-c2cc3c4ccccc4n(-c4ccc(-c5nc(-c6ccccc6)cc(-c6ccccc6)n5)cc4)c3cc21.c1ccc(-c2ccc(-c3cc(-c4ccc(-c5ccccc5)cc4)nc(-n4c5ccccc5c5ccccc54)n3)cc2)cc1.c1ccc(-c2nc(-c3ccccc3)nc(-c3cccc(-n4c5ccccc5c5c6oc7ccccc7c6ccc54)n3)n2)cc1. The van der Waals surface area contributed by atoms with Crippen molar-refractivity contribution in [3.05, 3.63) is 466 Å². The number of nitrogens with zero attached hydrogens (tertiary/aromatic N) is 11. The minimum absolute atomic E-state index is 0. The third-order valence-corrected chi connectivity index (χ3v) is 25.8. The van der Waals surface area contributed by atoms with E-state index < -0.39 is 0 Å². The zero-order valence-electron chi connectivity index (χ0n) is 72.6. The maximum absolute atomic E-state index is 6.47. The highest BCUT2D eigenvalue weighted by Gasteiger charge is 2.36. The molecule has 17 aromatic carbocycles. The fourth-order valence-electron chi connectivity index (χ4n) is 19.3. The molecule has 26 rings (SSSR count). The Balaban J connectivity index is 0.000000117. The second kappa shape index (κ2) is 34.9. The van der Waals surface area contributed by atoms with Crippen LogP contribution in [0.3, 0.4) is 0 Å². The molecule has 642 valence electrons. The number of pyridine rings is 1. The van der Waals surface area contributed by atoms with Gasteiger partial charge in [-0.2, -0.15) is 0 Å². The number of hydrogen-bond acceptors (Lipinski definition) is 9. The summed E-state index contributed by atoms with van der Waals surface area (Å²) >= 11 is 0. The summed E-state index contributed by atoms with van der Waals surface area (Å²) in [5.41, 5.74) is 31.0. The molecule has 0 bridgehead atoms. The molecule has 0 amide bonds. The van der Waals surface area contributed by atoms with Gasteiger partial charge in [0.25, 0.3) is 0 Å². The maximum atomic E-state index is 6.47. The van der Waals surface area contributed by atoms with Crippen LogP contribution in [0, 0.1) is 0 Å². The molecule has 0 spiro atoms. The molecule has 12 heteroatoms. The van der Waals surface area contributed by atoms with Crippen LogP contribution in [0.2, 0.25) is 0 Å². The standard InChI is InChI=1S/C43H31N3.C40H27N3.C38H23N5O.2CH4/c1-43(2)36-19-11-9-17-32(36)34-25-35-33-18-10-12-20-40(33)46(41(35)26-37(34)43)31-23-21-30(22-24-31)42-44-38(28-13-5-3-6-14-28)27-39(45-42)29-15-7-4-8-16-29;1-3-11-28(12-4-1)30-19-23-32(24-20-30)36-27-37(33-25-21-31(22-26-33)29-13-5-2-6-14-29)42-40(41-36)43-38-17-9-7-15-34(38)35-16-8-10-18-39(35)43;1-3-12-24(13-4-1)36-40-37(25-14-5-2-6-15-25)42-38(41-36)29-18-11-21-33(39-29)43-30-19-9-7-17-28(30)34-31(43)23-22-27-26-16-8-10-20-32(26)44-35(27)34;;/h3-27H,1-2H3;1-27H;1-23H;2*1H4. The molecule has 0 unspecified atom stereocenters. The lowest BCUT2D eigenvalue weighted by atomic mass is 9.82. The third kappa shape index (κ3) is 15.1. The van der Waals surface area contributed by atoms with Crippen LogP contribution in [-0.2, 0) is 5.41 Å². The van der Waals surface area contributed by atoms with E-state index in [9.17, 15) is 0 Å². The van der Waals surface area contributed by atoms with Crippen molar-refractivity contribution in [3.63, 3.8) is 0 Å². The van der Waals surface area contributed by atoms with Crippen LogP contribution < -0.4 is 0 Å². The average Bonchev–Trinajstić information content (AvgIpc) is 1.55. The molecular formula is C123H89N11O. The topological polar surface area (TPSA) is 131 Å². The monoisotopic (exact) mass is 1740 g/mol. The zero-order chi connectivity index (χ0) is 88.5. The van der Waals surface area contributed by atoms with Crippen molar-refractivity contribution in [1.29, 1.82) is 0 Å². The van der Waals surface area contributed by atoms with E-state index in [0.717, 1.165) is 128 Å². The van der Waals surface area contributed by atoms with Gasteiger partial charge in [-0.3, -0.25) is 9.13 Å². The van der Waals surface area contributed by atoms with E-state index in [0.29, 0.717) is 34.9 Å². The van der Waals surface area contributed by atoms with E-state index in [4.69, 9.17) is 44.3 Å². The second-order valence-electron chi connectivity index (χ2n) is 34.1. The minimum Gasteiger partial charge on any atom is -0.455 e. The molecule has 12 nitrogen and oxygen atoms in total. The molecule has 0 aliphatic heterocycles. The van der Waals surface area contributed by atoms with Crippen molar-refractivity contribution < 1.29 is 4.42 Å². The Kier molecular flexibility index (Phi) is 21.5. The fraction of sp³-hybridized carbons (Fsp3) is 0.0407. The highest BCUT2D eigenvalue weighted by Crippen LogP contribution is 2.52. The summed E-state index contributed by atoms with van der Waals surface area (Å²) in [6.45, 7) is 4.69. The van der Waals surface area contributed by atoms with Gasteiger partial charge in [0, 0.05) is 87.8 Å². The fourth-order valence-corrected chi connectivity index (χ4v) is 19.3. The first kappa shape index (κ1) is 82.9. The number of rotatable bonds is 13. The summed E-state index contributed by atoms with van der Waals surface area (Å²) in [5.74, 6) is 3.86. The Morgan fingerprint density at radius 1 is 0.215 bits per heavy atom. The Labute approximate surface area is 781 Å². The quantitative estimate of drug-likeness (QED) is 0.111. The summed E-state index contributed by atoms with van der Waals surface area (Å²) in [7, 11) is 0. The lowest BCUT2D eigenvalue weighted by Crippen LogP contribution is -2.14. The molecular weight excluding hydrogens is 1650 g/mol. The van der Waals surface area contributed by atoms with E-state index in [1.54, 1.807) is 0 Å². The van der Waals surface area contributed by atoms with Crippen LogP contribution in [-0.4, -0.2) is 53.6 Å². The molecule has 0 saturated carbocycles. The van der Waals surface area contributed by atoms with E-state index in [-0.39, 0.29) is 20.3 Å². The largest absolute Gasteiger partial charge is 0.455 e. The molecule has 25 aromatic rings. The number of furan rings is 1. The zero-order valence-corrected chi connectivity index (χ0v) is 72.6. The third-order valence-electron chi connectivity index (χ3n) is 25.8. The molecule has 1 aliphatic carbocycles. The molecule has 0 saturated heterocycles. The van der Waals surface area contributed by atoms with Crippen LogP contribution in [0.5, 0.6) is 0 Å². The first-order chi connectivity index (χ1) is 65.7. The summed E-state index contributed by atoms with van der Waals surface area (Å²) < 4.78 is 13.3. The smallest absolute Gasteiger partial charge is 0.235 e. The Hall–Kier alpha value is -17.7. The second-order valence-corrected chi connectivity index (χ2v) is 34.1. The van der Waals surface area contributed by atoms with E-state index >= 15 is 0 Å². The van der Waals surface area contributed by atoms with Gasteiger partial charge < -0.3 is 8.98 Å². The highest BCUT2D eigenvalue weighted by molar-refractivity contribution is 6.24. The Morgan fingerprint density at radius 3 is 1.13 bits per heavy atom. The van der Waals surface area contributed by atoms with Gasteiger partial charge in [-0.05, 0) is 148 Å². The van der Waals surface area contributed by atoms with Gasteiger partial charge >= 0.3 is 0 Å². The van der Waals surface area contributed by atoms with E-state index in [2.05, 4.69) is 361 Å². The molecule has 0 fully saturated rings. The van der Waals surface area contributed by atoms with Gasteiger partial charge in [-0.25, -0.2) is 39.9 Å². The van der Waals surface area contributed by atoms with Gasteiger partial charge in [-0.1, -0.05) is 381 Å². The summed E-state index contributed by atoms with van der Waals surface area (Å²) in [6.07, 6.45) is 0. The first-order valence-electron chi connectivity index (χ1n) is 44.9. The van der Waals surface area contributed by atoms with Gasteiger partial charge in [0.1, 0.15) is 22.7 Å². The molecule has 135 heavy (non-hydrogen) atoms. The van der Waals surface area contributed by atoms with Crippen molar-refractivity contribution in [2.45, 2.75) is 34.1 Å². The number of benzene rings is 17. The molecule has 8 heterocycles. The average molecular weight is 1740 g/mol. The summed E-state index contributed by atoms with van der Waals surface area (Å²) in [6, 6.07) is 158. The predicted molar refractivity (Wildman–Crippen MR) is 557 cm³/mol. The van der Waals surface area contributed by atoms with Gasteiger partial charge in [-0.15, -0.1) is 0 Å². The van der Waals surface area contributed by atoms with Crippen molar-refractivity contribution in [2.75, 3.05) is 0 Å². The van der Waals surface area contributed by atoms with Crippen molar-refractivity contribution in [1.82, 2.24) is 53.6 Å². The number of fused-ring (bicyclic) bond motifs is 16. The van der Waals surface area contributed by atoms with Crippen LogP contribution in [0.25, 0.3) is 229 Å². The summed E-state index contributed by atoms with van der Waals surface area (Å²) in [4.78, 5) is 40.3. The van der Waals surface area contributed by atoms with Crippen molar-refractivity contribution in [3.8, 4) is 142 Å². The molecule has 1 aliphatic rings. The number of hydrogen-bond donors (Lipinski definition) is 0.